The second kappa shape index (κ2) is 4.65. The highest BCUT2D eigenvalue weighted by Crippen LogP contribution is 2.30. The Kier molecular flexibility index (Phi) is 3.34. The first kappa shape index (κ1) is 13.0. The van der Waals surface area contributed by atoms with Crippen LogP contribution in [-0.4, -0.2) is 10.5 Å². The molecule has 0 radical (unpaired) electrons. The SMILES string of the molecule is CC(C)(C)Nc1nc(-c2c(F)cccc2F)cs1. The van der Waals surface area contributed by atoms with Gasteiger partial charge in [0.15, 0.2) is 5.13 Å². The van der Waals surface area contributed by atoms with Crippen molar-refractivity contribution in [3.63, 3.8) is 0 Å². The summed E-state index contributed by atoms with van der Waals surface area (Å²) in [6, 6.07) is 3.80. The topological polar surface area (TPSA) is 24.9 Å². The third-order valence-electron chi connectivity index (χ3n) is 2.21. The molecule has 5 heteroatoms. The summed E-state index contributed by atoms with van der Waals surface area (Å²) in [5, 5.41) is 5.47. The van der Waals surface area contributed by atoms with Gasteiger partial charge in [-0.1, -0.05) is 6.07 Å². The monoisotopic (exact) mass is 268 g/mol. The van der Waals surface area contributed by atoms with Crippen molar-refractivity contribution in [1.82, 2.24) is 4.98 Å². The summed E-state index contributed by atoms with van der Waals surface area (Å²) in [6.45, 7) is 5.99. The lowest BCUT2D eigenvalue weighted by atomic mass is 10.1. The largest absolute Gasteiger partial charge is 0.357 e. The summed E-state index contributed by atoms with van der Waals surface area (Å²) in [6.07, 6.45) is 0. The van der Waals surface area contributed by atoms with Crippen molar-refractivity contribution in [3.8, 4) is 11.3 Å². The van der Waals surface area contributed by atoms with Crippen LogP contribution in [0.3, 0.4) is 0 Å². The number of aromatic nitrogens is 1. The van der Waals surface area contributed by atoms with Crippen molar-refractivity contribution in [2.24, 2.45) is 0 Å². The fraction of sp³-hybridized carbons (Fsp3) is 0.308. The first-order valence-corrected chi connectivity index (χ1v) is 6.43. The van der Waals surface area contributed by atoms with E-state index in [2.05, 4.69) is 10.3 Å². The Morgan fingerprint density at radius 3 is 2.33 bits per heavy atom. The third kappa shape index (κ3) is 2.85. The number of nitrogens with zero attached hydrogens (tertiary/aromatic N) is 1. The molecule has 0 aliphatic heterocycles. The Balaban J connectivity index is 2.36. The van der Waals surface area contributed by atoms with Crippen LogP contribution < -0.4 is 5.32 Å². The molecule has 1 N–H and O–H groups in total. The van der Waals surface area contributed by atoms with Gasteiger partial charge in [0, 0.05) is 10.9 Å². The molecule has 96 valence electrons. The van der Waals surface area contributed by atoms with Gasteiger partial charge in [0.05, 0.1) is 11.3 Å². The van der Waals surface area contributed by atoms with Gasteiger partial charge >= 0.3 is 0 Å². The van der Waals surface area contributed by atoms with Crippen LogP contribution in [0.2, 0.25) is 0 Å². The molecule has 1 aromatic heterocycles. The smallest absolute Gasteiger partial charge is 0.183 e. The maximum absolute atomic E-state index is 13.6. The van der Waals surface area contributed by atoms with E-state index in [4.69, 9.17) is 0 Å². The zero-order valence-corrected chi connectivity index (χ0v) is 11.2. The second-order valence-electron chi connectivity index (χ2n) is 5.01. The molecule has 0 atom stereocenters. The lowest BCUT2D eigenvalue weighted by Gasteiger charge is -2.19. The Morgan fingerprint density at radius 1 is 1.17 bits per heavy atom. The summed E-state index contributed by atoms with van der Waals surface area (Å²) < 4.78 is 27.2. The molecule has 2 rings (SSSR count). The van der Waals surface area contributed by atoms with E-state index in [0.29, 0.717) is 10.8 Å². The normalized spacial score (nSPS) is 11.6. The Morgan fingerprint density at radius 2 is 1.78 bits per heavy atom. The molecule has 2 aromatic rings. The summed E-state index contributed by atoms with van der Waals surface area (Å²) >= 11 is 1.33. The maximum atomic E-state index is 13.6. The predicted octanol–water partition coefficient (Wildman–Crippen LogP) is 4.30. The number of hydrogen-bond donors (Lipinski definition) is 1. The van der Waals surface area contributed by atoms with Crippen LogP contribution in [0.25, 0.3) is 11.3 Å². The summed E-state index contributed by atoms with van der Waals surface area (Å²) in [4.78, 5) is 4.21. The lowest BCUT2D eigenvalue weighted by molar-refractivity contribution is 0.589. The number of nitrogens with one attached hydrogen (secondary N) is 1. The average molecular weight is 268 g/mol. The van der Waals surface area contributed by atoms with Crippen LogP contribution in [0.4, 0.5) is 13.9 Å². The van der Waals surface area contributed by atoms with Crippen LogP contribution in [0.1, 0.15) is 20.8 Å². The summed E-state index contributed by atoms with van der Waals surface area (Å²) in [5.41, 5.74) is 0.112. The molecule has 0 aliphatic rings. The maximum Gasteiger partial charge on any atom is 0.183 e. The molecule has 0 bridgehead atoms. The predicted molar refractivity (Wildman–Crippen MR) is 70.8 cm³/mol. The lowest BCUT2D eigenvalue weighted by Crippen LogP contribution is -2.25. The third-order valence-corrected chi connectivity index (χ3v) is 2.96. The minimum absolute atomic E-state index is 0.0734. The number of rotatable bonds is 2. The molecule has 2 nitrogen and oxygen atoms in total. The highest BCUT2D eigenvalue weighted by Gasteiger charge is 2.16. The van der Waals surface area contributed by atoms with Crippen molar-refractivity contribution in [1.29, 1.82) is 0 Å². The molecule has 0 saturated carbocycles. The quantitative estimate of drug-likeness (QED) is 0.878. The van der Waals surface area contributed by atoms with Gasteiger partial charge in [-0.15, -0.1) is 11.3 Å². The van der Waals surface area contributed by atoms with Crippen LogP contribution in [0.15, 0.2) is 23.6 Å². The minimum Gasteiger partial charge on any atom is -0.357 e. The van der Waals surface area contributed by atoms with E-state index in [1.165, 1.54) is 29.5 Å². The van der Waals surface area contributed by atoms with Gasteiger partial charge in [0.2, 0.25) is 0 Å². The van der Waals surface area contributed by atoms with Crippen LogP contribution >= 0.6 is 11.3 Å². The van der Waals surface area contributed by atoms with Crippen molar-refractivity contribution < 1.29 is 8.78 Å². The zero-order chi connectivity index (χ0) is 13.3. The zero-order valence-electron chi connectivity index (χ0n) is 10.4. The van der Waals surface area contributed by atoms with Crippen molar-refractivity contribution in [2.45, 2.75) is 26.3 Å². The molecule has 1 aromatic carbocycles. The molecule has 0 aliphatic carbocycles. The van der Waals surface area contributed by atoms with Gasteiger partial charge in [0.1, 0.15) is 11.6 Å². The summed E-state index contributed by atoms with van der Waals surface area (Å²) in [5.74, 6) is -1.19. The Hall–Kier alpha value is -1.49. The van der Waals surface area contributed by atoms with E-state index in [1.54, 1.807) is 5.38 Å². The molecular formula is C13H14F2N2S. The first-order chi connectivity index (χ1) is 8.37. The summed E-state index contributed by atoms with van der Waals surface area (Å²) in [7, 11) is 0. The van der Waals surface area contributed by atoms with Gasteiger partial charge in [-0.05, 0) is 32.9 Å². The molecule has 1 heterocycles. The van der Waals surface area contributed by atoms with Crippen LogP contribution in [0.5, 0.6) is 0 Å². The fourth-order valence-electron chi connectivity index (χ4n) is 1.51. The van der Waals surface area contributed by atoms with E-state index in [9.17, 15) is 8.78 Å². The van der Waals surface area contributed by atoms with E-state index >= 15 is 0 Å². The van der Waals surface area contributed by atoms with Gasteiger partial charge in [0.25, 0.3) is 0 Å². The van der Waals surface area contributed by atoms with Crippen molar-refractivity contribution >= 4 is 16.5 Å². The minimum atomic E-state index is -0.595. The van der Waals surface area contributed by atoms with Crippen molar-refractivity contribution in [2.75, 3.05) is 5.32 Å². The number of halogens is 2. The Bertz CT molecular complexity index is 538. The van der Waals surface area contributed by atoms with Gasteiger partial charge in [-0.3, -0.25) is 0 Å². The first-order valence-electron chi connectivity index (χ1n) is 5.55. The highest BCUT2D eigenvalue weighted by molar-refractivity contribution is 7.14. The number of anilines is 1. The van der Waals surface area contributed by atoms with Crippen molar-refractivity contribution in [3.05, 3.63) is 35.2 Å². The van der Waals surface area contributed by atoms with Gasteiger partial charge < -0.3 is 5.32 Å². The Labute approximate surface area is 109 Å². The standard InChI is InChI=1S/C13H14F2N2S/c1-13(2,3)17-12-16-10(7-18-12)11-8(14)5-4-6-9(11)15/h4-7H,1-3H3,(H,16,17). The van der Waals surface area contributed by atoms with E-state index in [0.717, 1.165) is 0 Å². The van der Waals surface area contributed by atoms with Crippen LogP contribution in [-0.2, 0) is 0 Å². The van der Waals surface area contributed by atoms with E-state index < -0.39 is 11.6 Å². The highest BCUT2D eigenvalue weighted by atomic mass is 32.1. The second-order valence-corrected chi connectivity index (χ2v) is 5.87. The van der Waals surface area contributed by atoms with E-state index in [-0.39, 0.29) is 11.1 Å². The fourth-order valence-corrected chi connectivity index (χ4v) is 2.42. The molecule has 0 fully saturated rings. The van der Waals surface area contributed by atoms with Gasteiger partial charge in [-0.2, -0.15) is 0 Å². The molecule has 0 amide bonds. The number of thiazole rings is 1. The van der Waals surface area contributed by atoms with E-state index in [1.807, 2.05) is 20.8 Å². The van der Waals surface area contributed by atoms with Gasteiger partial charge in [-0.25, -0.2) is 13.8 Å². The average Bonchev–Trinajstić information content (AvgIpc) is 2.63. The number of hydrogen-bond acceptors (Lipinski definition) is 3. The molecule has 0 saturated heterocycles. The van der Waals surface area contributed by atoms with Crippen LogP contribution in [0, 0.1) is 11.6 Å². The molecule has 18 heavy (non-hydrogen) atoms. The molecular weight excluding hydrogens is 254 g/mol. The molecule has 0 spiro atoms. The number of benzene rings is 1. The molecule has 0 unspecified atom stereocenters.